The first-order chi connectivity index (χ1) is 24.2. The zero-order valence-electron chi connectivity index (χ0n) is 29.1. The summed E-state index contributed by atoms with van der Waals surface area (Å²) in [6.45, 7) is 8.84. The predicted octanol–water partition coefficient (Wildman–Crippen LogP) is 8.15. The summed E-state index contributed by atoms with van der Waals surface area (Å²) < 4.78 is 23.9. The Morgan fingerprint density at radius 1 is 0.820 bits per heavy atom. The number of hydrogen-bond acceptors (Lipinski definition) is 8. The third-order valence-corrected chi connectivity index (χ3v) is 8.36. The monoisotopic (exact) mass is 672 g/mol. The number of anilines is 1. The molecule has 0 unspecified atom stereocenters. The number of rotatable bonds is 13. The number of pyridine rings is 2. The van der Waals surface area contributed by atoms with Gasteiger partial charge in [0.15, 0.2) is 0 Å². The molecule has 3 aromatic carbocycles. The Morgan fingerprint density at radius 3 is 2.14 bits per heavy atom. The van der Waals surface area contributed by atoms with E-state index in [1.165, 1.54) is 0 Å². The van der Waals surface area contributed by atoms with Crippen LogP contribution in [0.15, 0.2) is 116 Å². The van der Waals surface area contributed by atoms with Crippen molar-refractivity contribution in [1.29, 1.82) is 0 Å². The maximum Gasteiger partial charge on any atom is 0.410 e. The highest BCUT2D eigenvalue weighted by molar-refractivity contribution is 5.71. The van der Waals surface area contributed by atoms with Gasteiger partial charge in [-0.25, -0.2) is 4.79 Å². The second kappa shape index (κ2) is 15.8. The van der Waals surface area contributed by atoms with E-state index in [-0.39, 0.29) is 12.0 Å². The first-order valence-corrected chi connectivity index (χ1v) is 16.9. The molecule has 2 aromatic heterocycles. The van der Waals surface area contributed by atoms with Crippen LogP contribution in [0, 0.1) is 0 Å². The molecular weight excluding hydrogens is 628 g/mol. The first kappa shape index (κ1) is 34.3. The van der Waals surface area contributed by atoms with Crippen LogP contribution in [-0.4, -0.2) is 59.9 Å². The summed E-state index contributed by atoms with van der Waals surface area (Å²) in [4.78, 5) is 25.5. The molecule has 0 atom stereocenters. The highest BCUT2D eigenvalue weighted by Gasteiger charge is 2.36. The van der Waals surface area contributed by atoms with E-state index in [9.17, 15) is 4.79 Å². The molecule has 9 heteroatoms. The largest absolute Gasteiger partial charge is 0.492 e. The number of benzene rings is 3. The van der Waals surface area contributed by atoms with Crippen LogP contribution in [0.2, 0.25) is 0 Å². The summed E-state index contributed by atoms with van der Waals surface area (Å²) in [5, 5.41) is 0. The Morgan fingerprint density at radius 2 is 1.48 bits per heavy atom. The van der Waals surface area contributed by atoms with Gasteiger partial charge in [-0.15, -0.1) is 0 Å². The maximum atomic E-state index is 12.4. The van der Waals surface area contributed by atoms with Crippen LogP contribution in [0.1, 0.15) is 43.4 Å². The Balaban J connectivity index is 1.06. The Hall–Kier alpha value is -5.57. The molecule has 0 radical (unpaired) electrons. The molecule has 0 aliphatic carbocycles. The quantitative estimate of drug-likeness (QED) is 0.124. The van der Waals surface area contributed by atoms with Crippen LogP contribution in [0.4, 0.5) is 10.5 Å². The minimum Gasteiger partial charge on any atom is -0.492 e. The van der Waals surface area contributed by atoms with Crippen molar-refractivity contribution < 1.29 is 23.7 Å². The Labute approximate surface area is 294 Å². The average Bonchev–Trinajstić information content (AvgIpc) is 3.10. The number of aromatic nitrogens is 2. The molecule has 258 valence electrons. The van der Waals surface area contributed by atoms with Gasteiger partial charge >= 0.3 is 6.09 Å². The summed E-state index contributed by atoms with van der Waals surface area (Å²) in [6.07, 6.45) is 3.43. The van der Waals surface area contributed by atoms with Crippen molar-refractivity contribution in [1.82, 2.24) is 14.9 Å². The van der Waals surface area contributed by atoms with Crippen LogP contribution >= 0.6 is 0 Å². The van der Waals surface area contributed by atoms with Crippen molar-refractivity contribution in [2.75, 3.05) is 38.2 Å². The fourth-order valence-corrected chi connectivity index (χ4v) is 5.65. The smallest absolute Gasteiger partial charge is 0.410 e. The molecule has 1 fully saturated rings. The van der Waals surface area contributed by atoms with Gasteiger partial charge in [-0.3, -0.25) is 4.98 Å². The van der Waals surface area contributed by atoms with Crippen LogP contribution < -0.4 is 19.1 Å². The molecule has 0 N–H and O–H groups in total. The number of likely N-dealkylation sites (N-methyl/N-ethyl adjacent to an activating group) is 1. The predicted molar refractivity (Wildman–Crippen MR) is 195 cm³/mol. The number of nitrogens with zero attached hydrogens (tertiary/aromatic N) is 4. The van der Waals surface area contributed by atoms with Crippen LogP contribution in [0.25, 0.3) is 11.1 Å². The van der Waals surface area contributed by atoms with Crippen molar-refractivity contribution >= 4 is 11.8 Å². The van der Waals surface area contributed by atoms with E-state index in [0.717, 1.165) is 39.3 Å². The van der Waals surface area contributed by atoms with Gasteiger partial charge in [0.2, 0.25) is 11.8 Å². The van der Waals surface area contributed by atoms with Crippen molar-refractivity contribution in [3.05, 3.63) is 132 Å². The first-order valence-electron chi connectivity index (χ1n) is 16.9. The zero-order chi connectivity index (χ0) is 34.9. The van der Waals surface area contributed by atoms with E-state index in [1.807, 2.05) is 137 Å². The summed E-state index contributed by atoms with van der Waals surface area (Å²) in [5.41, 5.74) is 5.64. The number of ether oxygens (including phenoxy) is 4. The normalized spacial score (nSPS) is 12.9. The summed E-state index contributed by atoms with van der Waals surface area (Å²) in [6, 6.07) is 33.9. The molecule has 1 amide bonds. The van der Waals surface area contributed by atoms with Gasteiger partial charge in [0.25, 0.3) is 0 Å². The van der Waals surface area contributed by atoms with Gasteiger partial charge in [-0.05, 0) is 61.7 Å². The standard InChI is InChI=1S/C41H44N4O5/c1-41(2,3)50-40(46)45-26-33(27-45)36-25-42-22-21-37(36)44(4)23-24-47-34-17-15-32(16-18-34)35-19-20-38(48-28-30-11-7-5-8-12-30)43-39(35)49-29-31-13-9-6-10-14-31/h5-22,25,33H,23-24,26-29H2,1-4H3. The average molecular weight is 673 g/mol. The number of hydrogen-bond donors (Lipinski definition) is 0. The summed E-state index contributed by atoms with van der Waals surface area (Å²) >= 11 is 0. The highest BCUT2D eigenvalue weighted by atomic mass is 16.6. The number of amides is 1. The number of likely N-dealkylation sites (tertiary alicyclic amines) is 1. The van der Waals surface area contributed by atoms with Gasteiger partial charge in [0, 0.05) is 61.3 Å². The van der Waals surface area contributed by atoms with Gasteiger partial charge in [-0.2, -0.15) is 4.98 Å². The fourth-order valence-electron chi connectivity index (χ4n) is 5.65. The van der Waals surface area contributed by atoms with Crippen LogP contribution in [0.3, 0.4) is 0 Å². The van der Waals surface area contributed by atoms with E-state index in [2.05, 4.69) is 9.88 Å². The molecule has 1 saturated heterocycles. The topological polar surface area (TPSA) is 86.3 Å². The third kappa shape index (κ3) is 9.11. The van der Waals surface area contributed by atoms with Crippen molar-refractivity contribution in [2.24, 2.45) is 0 Å². The Bertz CT molecular complexity index is 1840. The van der Waals surface area contributed by atoms with Crippen LogP contribution in [0.5, 0.6) is 17.5 Å². The van der Waals surface area contributed by atoms with E-state index in [1.54, 1.807) is 11.1 Å². The second-order valence-electron chi connectivity index (χ2n) is 13.4. The van der Waals surface area contributed by atoms with Crippen molar-refractivity contribution in [3.8, 4) is 28.6 Å². The lowest BCUT2D eigenvalue weighted by molar-refractivity contribution is 0.00819. The molecule has 1 aliphatic heterocycles. The summed E-state index contributed by atoms with van der Waals surface area (Å²) in [7, 11) is 2.05. The SMILES string of the molecule is CN(CCOc1ccc(-c2ccc(OCc3ccccc3)nc2OCc2ccccc2)cc1)c1ccncc1C1CN(C(=O)OC(C)(C)C)C1. The maximum absolute atomic E-state index is 12.4. The number of carbonyl (C=O) groups is 1. The molecule has 1 aliphatic rings. The minimum atomic E-state index is -0.511. The molecule has 9 nitrogen and oxygen atoms in total. The minimum absolute atomic E-state index is 0.211. The van der Waals surface area contributed by atoms with E-state index in [4.69, 9.17) is 23.9 Å². The third-order valence-electron chi connectivity index (χ3n) is 8.36. The van der Waals surface area contributed by atoms with Crippen LogP contribution in [-0.2, 0) is 18.0 Å². The lowest BCUT2D eigenvalue weighted by Crippen LogP contribution is -2.50. The van der Waals surface area contributed by atoms with Gasteiger partial charge in [0.1, 0.15) is 31.2 Å². The van der Waals surface area contributed by atoms with E-state index >= 15 is 0 Å². The summed E-state index contributed by atoms with van der Waals surface area (Å²) in [5.74, 6) is 1.98. The van der Waals surface area contributed by atoms with Gasteiger partial charge in [0.05, 0.1) is 6.54 Å². The van der Waals surface area contributed by atoms with Gasteiger partial charge < -0.3 is 28.7 Å². The molecule has 0 spiro atoms. The van der Waals surface area contributed by atoms with Crippen molar-refractivity contribution in [3.63, 3.8) is 0 Å². The molecule has 3 heterocycles. The van der Waals surface area contributed by atoms with Gasteiger partial charge in [-0.1, -0.05) is 72.8 Å². The number of carbonyl (C=O) groups excluding carboxylic acids is 1. The molecule has 50 heavy (non-hydrogen) atoms. The molecule has 0 saturated carbocycles. The zero-order valence-corrected chi connectivity index (χ0v) is 29.1. The van der Waals surface area contributed by atoms with E-state index in [0.29, 0.717) is 51.2 Å². The lowest BCUT2D eigenvalue weighted by Gasteiger charge is -2.41. The molecular formula is C41H44N4O5. The second-order valence-corrected chi connectivity index (χ2v) is 13.4. The molecule has 5 aromatic rings. The Kier molecular flexibility index (Phi) is 10.8. The van der Waals surface area contributed by atoms with Crippen molar-refractivity contribution in [2.45, 2.75) is 45.5 Å². The highest BCUT2D eigenvalue weighted by Crippen LogP contribution is 2.35. The molecule has 6 rings (SSSR count). The van der Waals surface area contributed by atoms with E-state index < -0.39 is 5.60 Å². The fraction of sp³-hybridized carbons (Fsp3) is 0.293. The molecule has 0 bridgehead atoms. The lowest BCUT2D eigenvalue weighted by atomic mass is 9.91.